The summed E-state index contributed by atoms with van der Waals surface area (Å²) in [5.74, 6) is 1.70. The van der Waals surface area contributed by atoms with Gasteiger partial charge in [0.1, 0.15) is 23.8 Å². The van der Waals surface area contributed by atoms with Gasteiger partial charge in [-0.3, -0.25) is 10.4 Å². The molecule has 1 atom stereocenters. The second-order valence-electron chi connectivity index (χ2n) is 7.21. The summed E-state index contributed by atoms with van der Waals surface area (Å²) in [6, 6.07) is 17.1. The molecule has 0 amide bonds. The fourth-order valence-corrected chi connectivity index (χ4v) is 3.40. The quantitative estimate of drug-likeness (QED) is 0.189. The Balaban J connectivity index is 1.76. The summed E-state index contributed by atoms with van der Waals surface area (Å²) in [7, 11) is 1.50. The topological polar surface area (TPSA) is 171 Å². The number of nitrogen functional groups attached to an aromatic ring is 1. The molecule has 6 N–H and O–H groups in total. The Labute approximate surface area is 194 Å². The minimum absolute atomic E-state index is 0.0326. The molecule has 2 heterocycles. The number of methoxy groups -OCH3 is 1. The van der Waals surface area contributed by atoms with E-state index in [1.165, 1.54) is 11.8 Å². The normalized spacial score (nSPS) is 11.4. The van der Waals surface area contributed by atoms with Crippen molar-refractivity contribution in [2.45, 2.75) is 6.04 Å². The number of nitrogens with one attached hydrogen (secondary N) is 4. The van der Waals surface area contributed by atoms with Gasteiger partial charge in [-0.15, -0.1) is 5.10 Å². The third-order valence-corrected chi connectivity index (χ3v) is 5.04. The largest absolute Gasteiger partial charge is 0.493 e. The van der Waals surface area contributed by atoms with E-state index >= 15 is 0 Å². The van der Waals surface area contributed by atoms with Crippen LogP contribution in [0, 0.1) is 16.7 Å². The first-order chi connectivity index (χ1) is 16.5. The van der Waals surface area contributed by atoms with E-state index < -0.39 is 11.7 Å². The summed E-state index contributed by atoms with van der Waals surface area (Å²) < 4.78 is 12.1. The third kappa shape index (κ3) is 4.61. The molecule has 0 bridgehead atoms. The lowest BCUT2D eigenvalue weighted by molar-refractivity contribution is 0.329. The number of rotatable bonds is 9. The summed E-state index contributed by atoms with van der Waals surface area (Å²) in [5, 5.41) is 24.2. The first-order valence-electron chi connectivity index (χ1n) is 10.2. The van der Waals surface area contributed by atoms with Crippen LogP contribution in [0.4, 0.5) is 5.69 Å². The lowest BCUT2D eigenvalue weighted by Crippen LogP contribution is -2.16. The van der Waals surface area contributed by atoms with Crippen LogP contribution < -0.4 is 26.2 Å². The zero-order valence-corrected chi connectivity index (χ0v) is 18.2. The molecule has 4 aromatic rings. The van der Waals surface area contributed by atoms with Gasteiger partial charge in [0.25, 0.3) is 0 Å². The molecule has 0 aliphatic rings. The molecule has 0 radical (unpaired) electrons. The van der Waals surface area contributed by atoms with E-state index in [1.54, 1.807) is 60.8 Å². The number of aromatic amines is 2. The van der Waals surface area contributed by atoms with Crippen LogP contribution in [0.5, 0.6) is 11.5 Å². The van der Waals surface area contributed by atoms with Crippen LogP contribution in [-0.2, 0) is 0 Å². The van der Waals surface area contributed by atoms with Gasteiger partial charge in [-0.25, -0.2) is 4.79 Å². The van der Waals surface area contributed by atoms with Gasteiger partial charge < -0.3 is 25.5 Å². The highest BCUT2D eigenvalue weighted by atomic mass is 16.5. The van der Waals surface area contributed by atoms with Crippen molar-refractivity contribution in [3.63, 3.8) is 0 Å². The average molecular weight is 458 g/mol. The van der Waals surface area contributed by atoms with Gasteiger partial charge in [-0.05, 0) is 54.1 Å². The molecule has 172 valence electrons. The maximum atomic E-state index is 12.6. The van der Waals surface area contributed by atoms with Crippen molar-refractivity contribution in [1.29, 1.82) is 10.7 Å². The summed E-state index contributed by atoms with van der Waals surface area (Å²) in [6.45, 7) is -0.117. The van der Waals surface area contributed by atoms with E-state index in [2.05, 4.69) is 20.4 Å². The predicted octanol–water partition coefficient (Wildman–Crippen LogP) is 2.29. The zero-order valence-electron chi connectivity index (χ0n) is 18.2. The van der Waals surface area contributed by atoms with E-state index in [4.69, 9.17) is 25.9 Å². The number of ether oxygens (including phenoxy) is 2. The van der Waals surface area contributed by atoms with Gasteiger partial charge >= 0.3 is 5.69 Å². The van der Waals surface area contributed by atoms with Crippen LogP contribution >= 0.6 is 0 Å². The molecule has 0 saturated carbocycles. The van der Waals surface area contributed by atoms with Crippen LogP contribution in [-0.4, -0.2) is 39.3 Å². The number of nitrogens with two attached hydrogens (primary N) is 1. The molecule has 0 spiro atoms. The van der Waals surface area contributed by atoms with E-state index in [-0.39, 0.29) is 12.4 Å². The maximum absolute atomic E-state index is 12.6. The van der Waals surface area contributed by atoms with Gasteiger partial charge in [-0.2, -0.15) is 9.94 Å². The van der Waals surface area contributed by atoms with Gasteiger partial charge in [0.05, 0.1) is 7.11 Å². The molecule has 2 aromatic heterocycles. The molecular formula is C23H22N8O3. The van der Waals surface area contributed by atoms with Gasteiger partial charge in [0.15, 0.2) is 23.9 Å². The Morgan fingerprint density at radius 2 is 2.06 bits per heavy atom. The zero-order chi connectivity index (χ0) is 24.1. The summed E-state index contributed by atoms with van der Waals surface area (Å²) in [6.07, 6.45) is 1.70. The van der Waals surface area contributed by atoms with E-state index in [1.807, 2.05) is 6.07 Å². The number of hydrogen-bond donors (Lipinski definition) is 5. The minimum atomic E-state index is -0.578. The highest BCUT2D eigenvalue weighted by Gasteiger charge is 2.22. The number of benzene rings is 2. The Morgan fingerprint density at radius 1 is 1.26 bits per heavy atom. The number of nitriles is 1. The van der Waals surface area contributed by atoms with E-state index in [9.17, 15) is 4.79 Å². The number of aromatic nitrogens is 4. The third-order valence-electron chi connectivity index (χ3n) is 5.04. The van der Waals surface area contributed by atoms with Crippen molar-refractivity contribution in [2.75, 3.05) is 19.0 Å². The summed E-state index contributed by atoms with van der Waals surface area (Å²) in [4.78, 5) is 18.4. The predicted molar refractivity (Wildman–Crippen MR) is 126 cm³/mol. The molecule has 0 saturated heterocycles. The van der Waals surface area contributed by atoms with E-state index in [0.717, 1.165) is 5.56 Å². The van der Waals surface area contributed by atoms with E-state index in [0.29, 0.717) is 34.4 Å². The standard InChI is InChI=1S/C23H22N8O3/c1-33-18-13-15(6-9-17(18)34-12-10-24)20(28-16-7-4-14(5-8-16)21(25)26)22-29-23(32)31(30-22)19-3-2-11-27-19/h2-9,11,13,20,27-28H,12H2,1H3,(H3,25,26)(H,29,30,32). The second-order valence-corrected chi connectivity index (χ2v) is 7.21. The van der Waals surface area contributed by atoms with Crippen molar-refractivity contribution in [3.05, 3.63) is 88.2 Å². The average Bonchev–Trinajstić information content (AvgIpc) is 3.51. The SMILES string of the molecule is COc1cc(C(Nc2ccc(C(=N)N)cc2)c2nn(-c3ccc[nH]3)c(=O)[nH]2)ccc1OCC#N. The molecule has 0 aliphatic carbocycles. The van der Waals surface area contributed by atoms with Crippen molar-refractivity contribution >= 4 is 11.5 Å². The fourth-order valence-electron chi connectivity index (χ4n) is 3.40. The van der Waals surface area contributed by atoms with Crippen molar-refractivity contribution < 1.29 is 9.47 Å². The molecule has 11 heteroatoms. The fraction of sp³-hybridized carbons (Fsp3) is 0.130. The number of anilines is 1. The summed E-state index contributed by atoms with van der Waals surface area (Å²) in [5.41, 5.74) is 7.18. The molecule has 0 aliphatic heterocycles. The van der Waals surface area contributed by atoms with Crippen LogP contribution in [0.2, 0.25) is 0 Å². The Kier molecular flexibility index (Phi) is 6.31. The van der Waals surface area contributed by atoms with Crippen LogP contribution in [0.25, 0.3) is 5.82 Å². The van der Waals surface area contributed by atoms with Crippen LogP contribution in [0.15, 0.2) is 65.6 Å². The van der Waals surface area contributed by atoms with Crippen molar-refractivity contribution in [3.8, 4) is 23.4 Å². The van der Waals surface area contributed by atoms with Crippen LogP contribution in [0.1, 0.15) is 23.0 Å². The maximum Gasteiger partial charge on any atom is 0.349 e. The summed E-state index contributed by atoms with van der Waals surface area (Å²) >= 11 is 0. The highest BCUT2D eigenvalue weighted by molar-refractivity contribution is 5.95. The lowest BCUT2D eigenvalue weighted by Gasteiger charge is -2.20. The van der Waals surface area contributed by atoms with Crippen molar-refractivity contribution in [1.82, 2.24) is 19.7 Å². The number of nitrogens with zero attached hydrogens (tertiary/aromatic N) is 3. The number of H-pyrrole nitrogens is 2. The smallest absolute Gasteiger partial charge is 0.349 e. The molecule has 34 heavy (non-hydrogen) atoms. The van der Waals surface area contributed by atoms with Gasteiger partial charge in [0, 0.05) is 17.4 Å². The van der Waals surface area contributed by atoms with Gasteiger partial charge in [-0.1, -0.05) is 6.07 Å². The first-order valence-corrected chi connectivity index (χ1v) is 10.2. The highest BCUT2D eigenvalue weighted by Crippen LogP contribution is 2.33. The molecular weight excluding hydrogens is 436 g/mol. The molecule has 1 unspecified atom stereocenters. The van der Waals surface area contributed by atoms with Crippen molar-refractivity contribution in [2.24, 2.45) is 5.73 Å². The van der Waals surface area contributed by atoms with Crippen LogP contribution in [0.3, 0.4) is 0 Å². The lowest BCUT2D eigenvalue weighted by atomic mass is 10.0. The Morgan fingerprint density at radius 3 is 2.71 bits per heavy atom. The molecule has 2 aromatic carbocycles. The number of amidine groups is 1. The molecule has 4 rings (SSSR count). The molecule has 0 fully saturated rings. The molecule has 11 nitrogen and oxygen atoms in total. The monoisotopic (exact) mass is 458 g/mol. The Bertz CT molecular complexity index is 1380. The Hall–Kier alpha value is -4.98. The number of hydrogen-bond acceptors (Lipinski definition) is 7. The van der Waals surface area contributed by atoms with Gasteiger partial charge in [0.2, 0.25) is 0 Å². The first kappa shape index (κ1) is 22.2. The minimum Gasteiger partial charge on any atom is -0.493 e. The second kappa shape index (κ2) is 9.66.